The number of aliphatic hydroxyl groups is 1. The maximum atomic E-state index is 10.8. The van der Waals surface area contributed by atoms with Crippen molar-refractivity contribution in [2.75, 3.05) is 19.6 Å². The monoisotopic (exact) mass is 335 g/mol. The van der Waals surface area contributed by atoms with E-state index in [1.54, 1.807) is 0 Å². The van der Waals surface area contributed by atoms with Gasteiger partial charge in [-0.2, -0.15) is 5.10 Å². The number of nitrogens with zero attached hydrogens (tertiary/aromatic N) is 3. The van der Waals surface area contributed by atoms with E-state index in [9.17, 15) is 5.11 Å². The number of hydrogen-bond donors (Lipinski definition) is 1. The van der Waals surface area contributed by atoms with E-state index in [2.05, 4.69) is 40.3 Å². The van der Waals surface area contributed by atoms with Crippen LogP contribution < -0.4 is 0 Å². The molecule has 4 heteroatoms. The lowest BCUT2D eigenvalue weighted by Gasteiger charge is -2.33. The van der Waals surface area contributed by atoms with Crippen LogP contribution in [0.4, 0.5) is 0 Å². The Labute approximate surface area is 148 Å². The van der Waals surface area contributed by atoms with Crippen LogP contribution in [0.3, 0.4) is 0 Å². The number of fused-ring (bicyclic) bond motifs is 1. The maximum absolute atomic E-state index is 10.8. The van der Waals surface area contributed by atoms with Gasteiger partial charge in [-0.15, -0.1) is 0 Å². The van der Waals surface area contributed by atoms with Crippen molar-refractivity contribution in [1.82, 2.24) is 14.7 Å². The van der Waals surface area contributed by atoms with Gasteiger partial charge in [0.25, 0.3) is 0 Å². The minimum Gasteiger partial charge on any atom is -0.387 e. The summed E-state index contributed by atoms with van der Waals surface area (Å²) in [5, 5.41) is 17.4. The molecule has 0 aliphatic carbocycles. The summed E-state index contributed by atoms with van der Waals surface area (Å²) in [6.45, 7) is 2.75. The second kappa shape index (κ2) is 6.98. The zero-order valence-electron chi connectivity index (χ0n) is 14.7. The number of aryl methyl sites for hydroxylation is 1. The standard InChI is InChI=1S/C21H25N3O/c1-23-20(9-12-22-23)17-10-13-24(14-11-17)15-21(25)19-8-4-6-16-5-2-3-7-18(16)19/h2-9,12,17,21,25H,10-11,13-15H2,1H3/t21-/m0/s1. The Kier molecular flexibility index (Phi) is 4.55. The number of β-amino-alcohol motifs (C(OH)–C–C–N with tert-alkyl or cyclic N) is 1. The summed E-state index contributed by atoms with van der Waals surface area (Å²) in [5.41, 5.74) is 2.36. The average Bonchev–Trinajstić information content (AvgIpc) is 3.08. The Morgan fingerprint density at radius 1 is 1.08 bits per heavy atom. The largest absolute Gasteiger partial charge is 0.387 e. The number of piperidine rings is 1. The van der Waals surface area contributed by atoms with Crippen LogP contribution in [0, 0.1) is 0 Å². The van der Waals surface area contributed by atoms with Crippen LogP contribution in [-0.4, -0.2) is 39.4 Å². The van der Waals surface area contributed by atoms with Crippen LogP contribution >= 0.6 is 0 Å². The Bertz CT molecular complexity index is 844. The molecule has 1 atom stereocenters. The van der Waals surface area contributed by atoms with Crippen LogP contribution in [0.15, 0.2) is 54.7 Å². The van der Waals surface area contributed by atoms with Crippen molar-refractivity contribution in [2.24, 2.45) is 7.05 Å². The summed E-state index contributed by atoms with van der Waals surface area (Å²) in [4.78, 5) is 2.39. The zero-order chi connectivity index (χ0) is 17.2. The lowest BCUT2D eigenvalue weighted by molar-refractivity contribution is 0.0975. The lowest BCUT2D eigenvalue weighted by atomic mass is 9.92. The molecular formula is C21H25N3O. The molecular weight excluding hydrogens is 310 g/mol. The molecule has 0 radical (unpaired) electrons. The first kappa shape index (κ1) is 16.3. The van der Waals surface area contributed by atoms with Gasteiger partial charge in [-0.3, -0.25) is 4.68 Å². The minimum atomic E-state index is -0.445. The molecule has 1 aliphatic heterocycles. The lowest BCUT2D eigenvalue weighted by Crippen LogP contribution is -2.36. The molecule has 0 amide bonds. The van der Waals surface area contributed by atoms with Gasteiger partial charge in [0.05, 0.1) is 6.10 Å². The van der Waals surface area contributed by atoms with Gasteiger partial charge in [0.15, 0.2) is 0 Å². The molecule has 1 saturated heterocycles. The van der Waals surface area contributed by atoms with Crippen molar-refractivity contribution in [3.8, 4) is 0 Å². The smallest absolute Gasteiger partial charge is 0.0922 e. The molecule has 25 heavy (non-hydrogen) atoms. The summed E-state index contributed by atoms with van der Waals surface area (Å²) >= 11 is 0. The molecule has 1 fully saturated rings. The second-order valence-corrected chi connectivity index (χ2v) is 7.04. The summed E-state index contributed by atoms with van der Waals surface area (Å²) in [5.74, 6) is 0.582. The third-order valence-electron chi connectivity index (χ3n) is 5.48. The molecule has 1 aromatic heterocycles. The fourth-order valence-electron chi connectivity index (χ4n) is 4.08. The molecule has 1 aliphatic rings. The third kappa shape index (κ3) is 3.32. The molecule has 0 bridgehead atoms. The van der Waals surface area contributed by atoms with E-state index < -0.39 is 6.10 Å². The Morgan fingerprint density at radius 3 is 2.60 bits per heavy atom. The topological polar surface area (TPSA) is 41.3 Å². The molecule has 2 heterocycles. The highest BCUT2D eigenvalue weighted by atomic mass is 16.3. The zero-order valence-corrected chi connectivity index (χ0v) is 14.7. The molecule has 1 N–H and O–H groups in total. The third-order valence-corrected chi connectivity index (χ3v) is 5.48. The number of likely N-dealkylation sites (tertiary alicyclic amines) is 1. The van der Waals surface area contributed by atoms with Crippen molar-refractivity contribution < 1.29 is 5.11 Å². The van der Waals surface area contributed by atoms with Crippen molar-refractivity contribution in [1.29, 1.82) is 0 Å². The van der Waals surface area contributed by atoms with Gasteiger partial charge in [0.2, 0.25) is 0 Å². The highest BCUT2D eigenvalue weighted by molar-refractivity contribution is 5.85. The van der Waals surface area contributed by atoms with Crippen LogP contribution in [-0.2, 0) is 7.05 Å². The molecule has 3 aromatic rings. The van der Waals surface area contributed by atoms with Gasteiger partial charge in [-0.05, 0) is 48.3 Å². The fraction of sp³-hybridized carbons (Fsp3) is 0.381. The fourth-order valence-corrected chi connectivity index (χ4v) is 4.08. The average molecular weight is 335 g/mol. The molecule has 2 aromatic carbocycles. The van der Waals surface area contributed by atoms with E-state index in [-0.39, 0.29) is 0 Å². The van der Waals surface area contributed by atoms with E-state index in [1.807, 2.05) is 36.1 Å². The molecule has 4 rings (SSSR count). The van der Waals surface area contributed by atoms with Gasteiger partial charge in [-0.1, -0.05) is 42.5 Å². The van der Waals surface area contributed by atoms with E-state index in [0.717, 1.165) is 36.9 Å². The van der Waals surface area contributed by atoms with E-state index in [4.69, 9.17) is 0 Å². The minimum absolute atomic E-state index is 0.445. The summed E-state index contributed by atoms with van der Waals surface area (Å²) in [7, 11) is 2.02. The highest BCUT2D eigenvalue weighted by Gasteiger charge is 2.24. The Hall–Kier alpha value is -2.17. The molecule has 0 saturated carbocycles. The predicted octanol–water partition coefficient (Wildman–Crippen LogP) is 3.49. The van der Waals surface area contributed by atoms with Crippen molar-refractivity contribution in [2.45, 2.75) is 24.9 Å². The predicted molar refractivity (Wildman–Crippen MR) is 101 cm³/mol. The van der Waals surface area contributed by atoms with E-state index in [1.165, 1.54) is 11.1 Å². The SMILES string of the molecule is Cn1nccc1C1CCN(C[C@H](O)c2cccc3ccccc23)CC1. The number of rotatable bonds is 4. The van der Waals surface area contributed by atoms with Crippen molar-refractivity contribution in [3.05, 3.63) is 66.0 Å². The number of aliphatic hydroxyl groups excluding tert-OH is 1. The highest BCUT2D eigenvalue weighted by Crippen LogP contribution is 2.30. The van der Waals surface area contributed by atoms with Gasteiger partial charge in [0.1, 0.15) is 0 Å². The quantitative estimate of drug-likeness (QED) is 0.793. The van der Waals surface area contributed by atoms with Crippen LogP contribution in [0.2, 0.25) is 0 Å². The van der Waals surface area contributed by atoms with Crippen molar-refractivity contribution in [3.63, 3.8) is 0 Å². The normalized spacial score (nSPS) is 17.8. The first-order chi connectivity index (χ1) is 12.2. The molecule has 0 spiro atoms. The van der Waals surface area contributed by atoms with Gasteiger partial charge >= 0.3 is 0 Å². The molecule has 130 valence electrons. The maximum Gasteiger partial charge on any atom is 0.0922 e. The number of aromatic nitrogens is 2. The summed E-state index contributed by atoms with van der Waals surface area (Å²) < 4.78 is 1.99. The van der Waals surface area contributed by atoms with Gasteiger partial charge < -0.3 is 10.0 Å². The van der Waals surface area contributed by atoms with Crippen LogP contribution in [0.5, 0.6) is 0 Å². The Balaban J connectivity index is 1.42. The Morgan fingerprint density at radius 2 is 1.84 bits per heavy atom. The van der Waals surface area contributed by atoms with E-state index in [0.29, 0.717) is 12.5 Å². The second-order valence-electron chi connectivity index (χ2n) is 7.04. The van der Waals surface area contributed by atoms with Gasteiger partial charge in [0, 0.05) is 31.4 Å². The van der Waals surface area contributed by atoms with E-state index >= 15 is 0 Å². The molecule has 0 unspecified atom stereocenters. The van der Waals surface area contributed by atoms with Crippen LogP contribution in [0.25, 0.3) is 10.8 Å². The van der Waals surface area contributed by atoms with Gasteiger partial charge in [-0.25, -0.2) is 0 Å². The first-order valence-corrected chi connectivity index (χ1v) is 9.08. The van der Waals surface area contributed by atoms with Crippen LogP contribution in [0.1, 0.15) is 36.1 Å². The summed E-state index contributed by atoms with van der Waals surface area (Å²) in [6, 6.07) is 16.6. The first-order valence-electron chi connectivity index (χ1n) is 9.08. The summed E-state index contributed by atoms with van der Waals surface area (Å²) in [6.07, 6.45) is 3.69. The molecule has 4 nitrogen and oxygen atoms in total. The van der Waals surface area contributed by atoms with Crippen molar-refractivity contribution >= 4 is 10.8 Å². The number of hydrogen-bond acceptors (Lipinski definition) is 3. The number of benzene rings is 2.